The third kappa shape index (κ3) is 4.16. The molecular weight excluding hydrogens is 501 g/mol. The predicted octanol–water partition coefficient (Wildman–Crippen LogP) is 4.33. The van der Waals surface area contributed by atoms with Crippen LogP contribution in [0.4, 0.5) is 23.7 Å². The molecule has 2 amide bonds. The largest absolute Gasteiger partial charge is 0.433 e. The molecule has 1 fully saturated rings. The van der Waals surface area contributed by atoms with Gasteiger partial charge < -0.3 is 15.5 Å². The Morgan fingerprint density at radius 2 is 2.06 bits per heavy atom. The Balaban J connectivity index is 1.69. The number of alkyl halides is 3. The Kier molecular flexibility index (Phi) is 5.50. The van der Waals surface area contributed by atoms with E-state index in [-0.39, 0.29) is 23.8 Å². The van der Waals surface area contributed by atoms with Crippen LogP contribution in [0, 0.1) is 0 Å². The number of carbonyl (C=O) groups excluding carboxylic acids is 1. The van der Waals surface area contributed by atoms with E-state index in [4.69, 9.17) is 11.6 Å². The van der Waals surface area contributed by atoms with E-state index in [2.05, 4.69) is 36.6 Å². The van der Waals surface area contributed by atoms with Gasteiger partial charge in [-0.05, 0) is 40.2 Å². The van der Waals surface area contributed by atoms with Gasteiger partial charge in [-0.2, -0.15) is 18.3 Å². The lowest BCUT2D eigenvalue weighted by Gasteiger charge is -2.49. The Morgan fingerprint density at radius 1 is 1.32 bits per heavy atom. The molecule has 0 radical (unpaired) electrons. The van der Waals surface area contributed by atoms with Crippen molar-refractivity contribution in [2.45, 2.75) is 11.7 Å². The molecule has 12 heteroatoms. The Hall–Kier alpha value is -2.53. The number of fused-ring (bicyclic) bond motifs is 1. The maximum Gasteiger partial charge on any atom is 0.433 e. The van der Waals surface area contributed by atoms with Crippen LogP contribution in [0.25, 0.3) is 10.9 Å². The second-order valence-corrected chi connectivity index (χ2v) is 8.66. The molecular formula is C19H17BrClF3N6O. The summed E-state index contributed by atoms with van der Waals surface area (Å²) in [5.74, 6) is 0. The molecule has 31 heavy (non-hydrogen) atoms. The van der Waals surface area contributed by atoms with Gasteiger partial charge in [-0.25, -0.2) is 9.78 Å². The van der Waals surface area contributed by atoms with Crippen molar-refractivity contribution in [3.05, 3.63) is 51.8 Å². The standard InChI is InChI=1S/C19H17BrClF3N6O/c1-25-17(31)29-9-18(10-29,30-7-11(20)6-27-30)8-26-15-5-16(19(22,23)24)28-14-3-2-12(21)4-13(14)15/h2-7H,8-10H2,1H3,(H,25,31)(H,26,28). The second kappa shape index (κ2) is 7.86. The smallest absolute Gasteiger partial charge is 0.382 e. The van der Waals surface area contributed by atoms with E-state index in [1.165, 1.54) is 19.2 Å². The molecule has 2 aromatic heterocycles. The molecule has 1 saturated heterocycles. The number of nitrogens with one attached hydrogen (secondary N) is 2. The first kappa shape index (κ1) is 21.7. The number of pyridine rings is 1. The molecule has 1 aliphatic rings. The van der Waals surface area contributed by atoms with Crippen molar-refractivity contribution < 1.29 is 18.0 Å². The molecule has 3 heterocycles. The molecule has 0 atom stereocenters. The van der Waals surface area contributed by atoms with E-state index in [9.17, 15) is 18.0 Å². The molecule has 4 rings (SSSR count). The maximum atomic E-state index is 13.4. The van der Waals surface area contributed by atoms with E-state index in [1.807, 2.05) is 0 Å². The van der Waals surface area contributed by atoms with E-state index in [1.54, 1.807) is 28.0 Å². The second-order valence-electron chi connectivity index (χ2n) is 7.31. The summed E-state index contributed by atoms with van der Waals surface area (Å²) in [6.45, 7) is 0.908. The number of aromatic nitrogens is 3. The number of halogens is 5. The molecule has 7 nitrogen and oxygen atoms in total. The van der Waals surface area contributed by atoms with Gasteiger partial charge >= 0.3 is 12.2 Å². The van der Waals surface area contributed by atoms with Crippen molar-refractivity contribution in [2.24, 2.45) is 0 Å². The molecule has 0 unspecified atom stereocenters. The van der Waals surface area contributed by atoms with Crippen molar-refractivity contribution in [1.82, 2.24) is 25.0 Å². The Morgan fingerprint density at radius 3 is 2.68 bits per heavy atom. The number of carbonyl (C=O) groups is 1. The highest BCUT2D eigenvalue weighted by Crippen LogP contribution is 2.36. The lowest BCUT2D eigenvalue weighted by molar-refractivity contribution is -0.140. The van der Waals surface area contributed by atoms with Crippen LogP contribution in [0.5, 0.6) is 0 Å². The molecule has 0 saturated carbocycles. The zero-order valence-electron chi connectivity index (χ0n) is 16.2. The van der Waals surface area contributed by atoms with Crippen LogP contribution in [0.1, 0.15) is 5.69 Å². The van der Waals surface area contributed by atoms with Gasteiger partial charge in [0.25, 0.3) is 0 Å². The number of benzene rings is 1. The van der Waals surface area contributed by atoms with E-state index in [0.717, 1.165) is 10.5 Å². The van der Waals surface area contributed by atoms with Crippen molar-refractivity contribution in [3.63, 3.8) is 0 Å². The Bertz CT molecular complexity index is 1150. The van der Waals surface area contributed by atoms with E-state index >= 15 is 0 Å². The van der Waals surface area contributed by atoms with Crippen molar-refractivity contribution in [2.75, 3.05) is 32.0 Å². The lowest BCUT2D eigenvalue weighted by atomic mass is 9.89. The minimum Gasteiger partial charge on any atom is -0.382 e. The fourth-order valence-electron chi connectivity index (χ4n) is 3.61. The minimum absolute atomic E-state index is 0.179. The summed E-state index contributed by atoms with van der Waals surface area (Å²) < 4.78 is 42.6. The monoisotopic (exact) mass is 516 g/mol. The van der Waals surface area contributed by atoms with Gasteiger partial charge in [0.05, 0.1) is 29.3 Å². The molecule has 0 spiro atoms. The summed E-state index contributed by atoms with van der Waals surface area (Å²) in [6, 6.07) is 5.26. The van der Waals surface area contributed by atoms with Gasteiger partial charge in [-0.1, -0.05) is 11.6 Å². The van der Waals surface area contributed by atoms with Crippen LogP contribution < -0.4 is 10.6 Å². The average Bonchev–Trinajstić information content (AvgIpc) is 3.12. The normalized spacial score (nSPS) is 15.6. The highest BCUT2D eigenvalue weighted by Gasteiger charge is 2.47. The summed E-state index contributed by atoms with van der Waals surface area (Å²) in [6.07, 6.45) is -1.21. The van der Waals surface area contributed by atoms with Gasteiger partial charge in [0.1, 0.15) is 11.2 Å². The van der Waals surface area contributed by atoms with Crippen LogP contribution in [-0.2, 0) is 11.7 Å². The SMILES string of the molecule is CNC(=O)N1CC(CNc2cc(C(F)(F)F)nc3ccc(Cl)cc23)(n2cc(Br)cn2)C1. The average molecular weight is 518 g/mol. The topological polar surface area (TPSA) is 75.1 Å². The number of urea groups is 1. The van der Waals surface area contributed by atoms with Gasteiger partial charge in [0.15, 0.2) is 0 Å². The summed E-state index contributed by atoms with van der Waals surface area (Å²) in [4.78, 5) is 17.3. The fourth-order valence-corrected chi connectivity index (χ4v) is 4.07. The van der Waals surface area contributed by atoms with Gasteiger partial charge in [0, 0.05) is 35.9 Å². The van der Waals surface area contributed by atoms with E-state index < -0.39 is 17.4 Å². The molecule has 2 N–H and O–H groups in total. The van der Waals surface area contributed by atoms with Crippen LogP contribution in [-0.4, -0.2) is 52.4 Å². The van der Waals surface area contributed by atoms with Gasteiger partial charge in [-0.15, -0.1) is 0 Å². The van der Waals surface area contributed by atoms with Crippen molar-refractivity contribution in [1.29, 1.82) is 0 Å². The molecule has 0 bridgehead atoms. The lowest BCUT2D eigenvalue weighted by Crippen LogP contribution is -2.68. The Labute approximate surface area is 188 Å². The van der Waals surface area contributed by atoms with Gasteiger partial charge in [-0.3, -0.25) is 4.68 Å². The van der Waals surface area contributed by atoms with Crippen LogP contribution in [0.2, 0.25) is 5.02 Å². The van der Waals surface area contributed by atoms with Crippen LogP contribution in [0.3, 0.4) is 0 Å². The fraction of sp³-hybridized carbons (Fsp3) is 0.316. The maximum absolute atomic E-state index is 13.4. The number of likely N-dealkylation sites (tertiary alicyclic amines) is 1. The number of nitrogens with zero attached hydrogens (tertiary/aromatic N) is 4. The first-order chi connectivity index (χ1) is 14.6. The van der Waals surface area contributed by atoms with Crippen molar-refractivity contribution >= 4 is 50.2 Å². The number of amides is 2. The number of hydrogen-bond donors (Lipinski definition) is 2. The number of hydrogen-bond acceptors (Lipinski definition) is 4. The summed E-state index contributed by atoms with van der Waals surface area (Å²) in [5.41, 5.74) is -1.20. The van der Waals surface area contributed by atoms with Crippen LogP contribution in [0.15, 0.2) is 41.1 Å². The third-order valence-electron chi connectivity index (χ3n) is 5.18. The van der Waals surface area contributed by atoms with Crippen LogP contribution >= 0.6 is 27.5 Å². The summed E-state index contributed by atoms with van der Waals surface area (Å²) in [5, 5.41) is 10.9. The summed E-state index contributed by atoms with van der Waals surface area (Å²) in [7, 11) is 1.54. The molecule has 0 aliphatic carbocycles. The minimum atomic E-state index is -4.60. The number of rotatable bonds is 4. The zero-order chi connectivity index (χ0) is 22.4. The quantitative estimate of drug-likeness (QED) is 0.540. The highest BCUT2D eigenvalue weighted by atomic mass is 79.9. The molecule has 1 aromatic carbocycles. The zero-order valence-corrected chi connectivity index (χ0v) is 18.5. The molecule has 3 aromatic rings. The van der Waals surface area contributed by atoms with Gasteiger partial charge in [0.2, 0.25) is 0 Å². The predicted molar refractivity (Wildman–Crippen MR) is 114 cm³/mol. The first-order valence-corrected chi connectivity index (χ1v) is 10.4. The van der Waals surface area contributed by atoms with E-state index in [0.29, 0.717) is 23.5 Å². The molecule has 164 valence electrons. The van der Waals surface area contributed by atoms with Crippen molar-refractivity contribution in [3.8, 4) is 0 Å². The number of anilines is 1. The third-order valence-corrected chi connectivity index (χ3v) is 5.82. The highest BCUT2D eigenvalue weighted by molar-refractivity contribution is 9.10. The summed E-state index contributed by atoms with van der Waals surface area (Å²) >= 11 is 9.43. The molecule has 1 aliphatic heterocycles. The first-order valence-electron chi connectivity index (χ1n) is 9.20.